The third-order valence-corrected chi connectivity index (χ3v) is 3.47. The Morgan fingerprint density at radius 1 is 1.44 bits per heavy atom. The lowest BCUT2D eigenvalue weighted by Crippen LogP contribution is -1.98. The summed E-state index contributed by atoms with van der Waals surface area (Å²) >= 11 is 1.75. The van der Waals surface area contributed by atoms with Gasteiger partial charge >= 0.3 is 0 Å². The largest absolute Gasteiger partial charge is 0.378 e. The average Bonchev–Trinajstić information content (AvgIpc) is 2.71. The van der Waals surface area contributed by atoms with Crippen molar-refractivity contribution in [3.05, 3.63) is 41.4 Å². The molecule has 0 saturated carbocycles. The fourth-order valence-electron chi connectivity index (χ4n) is 1.45. The lowest BCUT2D eigenvalue weighted by atomic mass is 10.3. The van der Waals surface area contributed by atoms with Crippen molar-refractivity contribution < 1.29 is 4.74 Å². The fourth-order valence-corrected chi connectivity index (χ4v) is 2.39. The van der Waals surface area contributed by atoms with Crippen LogP contribution < -0.4 is 0 Å². The van der Waals surface area contributed by atoms with Gasteiger partial charge in [0.25, 0.3) is 0 Å². The molecule has 0 aliphatic carbocycles. The third-order valence-electron chi connectivity index (χ3n) is 2.41. The van der Waals surface area contributed by atoms with E-state index < -0.39 is 0 Å². The molecule has 2 aromatic rings. The van der Waals surface area contributed by atoms with Gasteiger partial charge in [-0.3, -0.25) is 0 Å². The number of hydrogen-bond acceptors (Lipinski definition) is 3. The lowest BCUT2D eigenvalue weighted by molar-refractivity contribution is 0.156. The predicted molar refractivity (Wildman–Crippen MR) is 68.9 cm³/mol. The van der Waals surface area contributed by atoms with Gasteiger partial charge in [-0.1, -0.05) is 24.3 Å². The lowest BCUT2D eigenvalue weighted by Gasteiger charge is -2.00. The number of aromatic nitrogens is 1. The Morgan fingerprint density at radius 3 is 3.00 bits per heavy atom. The zero-order valence-electron chi connectivity index (χ0n) is 9.51. The van der Waals surface area contributed by atoms with E-state index in [9.17, 15) is 0 Å². The molecule has 84 valence electrons. The molecule has 2 rings (SSSR count). The van der Waals surface area contributed by atoms with Crippen LogP contribution in [0.1, 0.15) is 11.9 Å². The Hall–Kier alpha value is -1.19. The Morgan fingerprint density at radius 2 is 2.25 bits per heavy atom. The summed E-state index contributed by atoms with van der Waals surface area (Å²) in [5, 5.41) is 1.15. The van der Waals surface area contributed by atoms with Crippen LogP contribution in [0.15, 0.2) is 36.4 Å². The first-order chi connectivity index (χ1) is 7.79. The second-order valence-electron chi connectivity index (χ2n) is 3.65. The number of para-hydroxylation sites is 1. The molecular formula is C13H15NOS. The van der Waals surface area contributed by atoms with E-state index in [-0.39, 0.29) is 6.10 Å². The number of rotatable bonds is 4. The first kappa shape index (κ1) is 11.3. The standard InChI is InChI=1S/C13H15NOS/c1-10(15-2)6-5-9-13-14-11-7-3-4-8-12(11)16-13/h3-8,10H,9H2,1-2H3. The highest BCUT2D eigenvalue weighted by atomic mass is 32.1. The molecule has 16 heavy (non-hydrogen) atoms. The maximum Gasteiger partial charge on any atom is 0.0976 e. The van der Waals surface area contributed by atoms with Crippen molar-refractivity contribution in [1.29, 1.82) is 0 Å². The zero-order valence-corrected chi connectivity index (χ0v) is 10.3. The Labute approximate surface area is 99.6 Å². The second kappa shape index (κ2) is 5.23. The molecule has 2 nitrogen and oxygen atoms in total. The van der Waals surface area contributed by atoms with Crippen molar-refractivity contribution in [2.24, 2.45) is 0 Å². The van der Waals surface area contributed by atoms with Crippen molar-refractivity contribution in [3.63, 3.8) is 0 Å². The van der Waals surface area contributed by atoms with Crippen molar-refractivity contribution in [3.8, 4) is 0 Å². The molecule has 1 aromatic heterocycles. The van der Waals surface area contributed by atoms with Crippen LogP contribution in [0.5, 0.6) is 0 Å². The number of benzene rings is 1. The van der Waals surface area contributed by atoms with Gasteiger partial charge in [0, 0.05) is 13.5 Å². The normalized spacial score (nSPS) is 13.6. The summed E-state index contributed by atoms with van der Waals surface area (Å²) in [6.07, 6.45) is 5.24. The molecule has 0 radical (unpaired) electrons. The van der Waals surface area contributed by atoms with E-state index in [1.165, 1.54) is 4.70 Å². The van der Waals surface area contributed by atoms with E-state index in [4.69, 9.17) is 4.74 Å². The van der Waals surface area contributed by atoms with Crippen LogP contribution in [-0.4, -0.2) is 18.2 Å². The minimum absolute atomic E-state index is 0.175. The van der Waals surface area contributed by atoms with Crippen molar-refractivity contribution >= 4 is 21.6 Å². The minimum atomic E-state index is 0.175. The van der Waals surface area contributed by atoms with Crippen molar-refractivity contribution in [2.45, 2.75) is 19.4 Å². The van der Waals surface area contributed by atoms with E-state index in [1.54, 1.807) is 18.4 Å². The first-order valence-electron chi connectivity index (χ1n) is 5.33. The second-order valence-corrected chi connectivity index (χ2v) is 4.76. The van der Waals surface area contributed by atoms with Crippen LogP contribution >= 0.6 is 11.3 Å². The quantitative estimate of drug-likeness (QED) is 0.755. The fraction of sp³-hybridized carbons (Fsp3) is 0.308. The number of ether oxygens (including phenoxy) is 1. The van der Waals surface area contributed by atoms with Gasteiger partial charge in [0.2, 0.25) is 0 Å². The van der Waals surface area contributed by atoms with Crippen LogP contribution in [0.3, 0.4) is 0 Å². The Kier molecular flexibility index (Phi) is 3.70. The molecule has 0 aliphatic heterocycles. The van der Waals surface area contributed by atoms with Crippen molar-refractivity contribution in [1.82, 2.24) is 4.98 Å². The smallest absolute Gasteiger partial charge is 0.0976 e. The zero-order chi connectivity index (χ0) is 11.4. The van der Waals surface area contributed by atoms with Crippen LogP contribution in [-0.2, 0) is 11.2 Å². The highest BCUT2D eigenvalue weighted by Crippen LogP contribution is 2.21. The molecule has 0 saturated heterocycles. The molecule has 1 aromatic carbocycles. The number of methoxy groups -OCH3 is 1. The number of hydrogen-bond donors (Lipinski definition) is 0. The first-order valence-corrected chi connectivity index (χ1v) is 6.15. The molecule has 0 bridgehead atoms. The van der Waals surface area contributed by atoms with E-state index in [0.717, 1.165) is 16.9 Å². The van der Waals surface area contributed by atoms with Gasteiger partial charge in [0.05, 0.1) is 21.3 Å². The van der Waals surface area contributed by atoms with E-state index in [0.29, 0.717) is 0 Å². The topological polar surface area (TPSA) is 22.1 Å². The van der Waals surface area contributed by atoms with Gasteiger partial charge < -0.3 is 4.74 Å². The summed E-state index contributed by atoms with van der Waals surface area (Å²) in [5.74, 6) is 0. The van der Waals surface area contributed by atoms with Gasteiger partial charge in [0.15, 0.2) is 0 Å². The molecule has 3 heteroatoms. The molecule has 0 N–H and O–H groups in total. The molecule has 0 fully saturated rings. The summed E-state index contributed by atoms with van der Waals surface area (Å²) in [4.78, 5) is 4.56. The average molecular weight is 233 g/mol. The van der Waals surface area contributed by atoms with Gasteiger partial charge in [-0.15, -0.1) is 11.3 Å². The summed E-state index contributed by atoms with van der Waals surface area (Å²) in [7, 11) is 1.71. The predicted octanol–water partition coefficient (Wildman–Crippen LogP) is 3.43. The van der Waals surface area contributed by atoms with Gasteiger partial charge in [0.1, 0.15) is 0 Å². The monoisotopic (exact) mass is 233 g/mol. The van der Waals surface area contributed by atoms with Crippen molar-refractivity contribution in [2.75, 3.05) is 7.11 Å². The van der Waals surface area contributed by atoms with Crippen LogP contribution in [0, 0.1) is 0 Å². The maximum absolute atomic E-state index is 5.14. The van der Waals surface area contributed by atoms with Crippen LogP contribution in [0.4, 0.5) is 0 Å². The molecular weight excluding hydrogens is 218 g/mol. The summed E-state index contributed by atoms with van der Waals surface area (Å²) in [6, 6.07) is 8.23. The van der Waals surface area contributed by atoms with E-state index >= 15 is 0 Å². The Bertz CT molecular complexity index is 456. The molecule has 1 unspecified atom stereocenters. The van der Waals surface area contributed by atoms with Crippen LogP contribution in [0.25, 0.3) is 10.2 Å². The number of nitrogens with zero attached hydrogens (tertiary/aromatic N) is 1. The van der Waals surface area contributed by atoms with E-state index in [1.807, 2.05) is 19.1 Å². The van der Waals surface area contributed by atoms with Gasteiger partial charge in [-0.25, -0.2) is 4.98 Å². The number of fused-ring (bicyclic) bond motifs is 1. The summed E-state index contributed by atoms with van der Waals surface area (Å²) in [5.41, 5.74) is 1.09. The molecule has 1 atom stereocenters. The summed E-state index contributed by atoms with van der Waals surface area (Å²) < 4.78 is 6.40. The SMILES string of the molecule is COC(C)C=CCc1nc2ccccc2s1. The molecule has 0 spiro atoms. The molecule has 0 amide bonds. The number of allylic oxidation sites excluding steroid dienone is 1. The summed E-state index contributed by atoms with van der Waals surface area (Å²) in [6.45, 7) is 2.02. The van der Waals surface area contributed by atoms with Gasteiger partial charge in [-0.05, 0) is 19.1 Å². The third kappa shape index (κ3) is 2.68. The minimum Gasteiger partial charge on any atom is -0.378 e. The number of thiazole rings is 1. The maximum atomic E-state index is 5.14. The van der Waals surface area contributed by atoms with E-state index in [2.05, 4.69) is 29.3 Å². The highest BCUT2D eigenvalue weighted by Gasteiger charge is 2.00. The highest BCUT2D eigenvalue weighted by molar-refractivity contribution is 7.18. The van der Waals surface area contributed by atoms with Gasteiger partial charge in [-0.2, -0.15) is 0 Å². The Balaban J connectivity index is 2.07. The molecule has 0 aliphatic rings. The van der Waals surface area contributed by atoms with Crippen LogP contribution in [0.2, 0.25) is 0 Å². The molecule has 1 heterocycles.